The fourth-order valence-corrected chi connectivity index (χ4v) is 5.48. The van der Waals surface area contributed by atoms with Crippen LogP contribution in [0.15, 0.2) is 27.8 Å². The summed E-state index contributed by atoms with van der Waals surface area (Å²) >= 11 is 1.39. The lowest BCUT2D eigenvalue weighted by atomic mass is 9.92. The van der Waals surface area contributed by atoms with E-state index in [1.165, 1.54) is 23.7 Å². The average Bonchev–Trinajstić information content (AvgIpc) is 3.40. The van der Waals surface area contributed by atoms with Gasteiger partial charge < -0.3 is 10.3 Å². The summed E-state index contributed by atoms with van der Waals surface area (Å²) in [4.78, 5) is 26.8. The number of benzene rings is 1. The number of hydrogen-bond acceptors (Lipinski definition) is 4. The smallest absolute Gasteiger partial charge is 0.274 e. The number of rotatable bonds is 2. The van der Waals surface area contributed by atoms with Crippen molar-refractivity contribution in [3.63, 3.8) is 0 Å². The van der Waals surface area contributed by atoms with Gasteiger partial charge in [-0.25, -0.2) is 4.39 Å². The number of nitrogens with two attached hydrogens (primary N) is 1. The summed E-state index contributed by atoms with van der Waals surface area (Å²) in [5.41, 5.74) is 6.15. The first-order valence-electron chi connectivity index (χ1n) is 9.19. The number of nitrogens with zero attached hydrogens (tertiary/aromatic N) is 2. The quantitative estimate of drug-likeness (QED) is 0.749. The molecule has 0 bridgehead atoms. The molecular formula is C19H20FN3O2S. The molecule has 5 rings (SSSR count). The minimum atomic E-state index is -0.451. The van der Waals surface area contributed by atoms with Gasteiger partial charge in [0, 0.05) is 23.5 Å². The Kier molecular flexibility index (Phi) is 3.59. The second-order valence-electron chi connectivity index (χ2n) is 7.56. The van der Waals surface area contributed by atoms with E-state index in [1.54, 1.807) is 10.0 Å². The molecule has 0 atom stereocenters. The fourth-order valence-electron chi connectivity index (χ4n) is 4.16. The molecule has 5 nitrogen and oxygen atoms in total. The van der Waals surface area contributed by atoms with Gasteiger partial charge in [0.15, 0.2) is 0 Å². The Morgan fingerprint density at radius 2 is 1.73 bits per heavy atom. The van der Waals surface area contributed by atoms with Crippen LogP contribution < -0.4 is 16.7 Å². The van der Waals surface area contributed by atoms with Crippen molar-refractivity contribution in [1.82, 2.24) is 8.52 Å². The molecule has 7 heteroatoms. The topological polar surface area (TPSA) is 70.0 Å². The molecule has 26 heavy (non-hydrogen) atoms. The van der Waals surface area contributed by atoms with Gasteiger partial charge in [0.05, 0.1) is 5.52 Å². The van der Waals surface area contributed by atoms with Gasteiger partial charge in [-0.3, -0.25) is 13.5 Å². The molecule has 0 amide bonds. The average molecular weight is 373 g/mol. The van der Waals surface area contributed by atoms with E-state index in [1.807, 2.05) is 0 Å². The monoisotopic (exact) mass is 373 g/mol. The number of fused-ring (bicyclic) bond motifs is 2. The van der Waals surface area contributed by atoms with Gasteiger partial charge in [0.1, 0.15) is 16.0 Å². The zero-order valence-electron chi connectivity index (χ0n) is 14.3. The van der Waals surface area contributed by atoms with E-state index in [-0.39, 0.29) is 34.5 Å². The predicted octanol–water partition coefficient (Wildman–Crippen LogP) is 3.29. The first kappa shape index (κ1) is 16.2. The number of hydrogen-bond donors (Lipinski definition) is 1. The Labute approximate surface area is 153 Å². The molecule has 0 saturated heterocycles. The minimum Gasteiger partial charge on any atom is -0.328 e. The van der Waals surface area contributed by atoms with Gasteiger partial charge in [0.25, 0.3) is 5.56 Å². The molecule has 0 radical (unpaired) electrons. The summed E-state index contributed by atoms with van der Waals surface area (Å²) in [7, 11) is 0. The van der Waals surface area contributed by atoms with Crippen LogP contribution in [0.1, 0.15) is 50.6 Å². The molecule has 3 aromatic rings. The van der Waals surface area contributed by atoms with E-state index in [2.05, 4.69) is 4.57 Å². The van der Waals surface area contributed by atoms with E-state index < -0.39 is 5.82 Å². The van der Waals surface area contributed by atoms with Crippen LogP contribution >= 0.6 is 11.5 Å². The van der Waals surface area contributed by atoms with E-state index in [4.69, 9.17) is 5.73 Å². The van der Waals surface area contributed by atoms with Gasteiger partial charge in [-0.15, -0.1) is 0 Å². The standard InChI is InChI=1S/C19H20FN3O2S/c20-10-1-8-15-14(9-10)17(24)16-18(25)23(13-4-2-11(21)3-5-13)26-19(16)22(15)12-6-7-12/h1,8-9,11-13H,2-7,21H2. The zero-order chi connectivity index (χ0) is 18.0. The minimum absolute atomic E-state index is 0.103. The van der Waals surface area contributed by atoms with Gasteiger partial charge in [0.2, 0.25) is 5.43 Å². The molecule has 2 aliphatic carbocycles. The summed E-state index contributed by atoms with van der Waals surface area (Å²) in [6, 6.07) is 4.90. The van der Waals surface area contributed by atoms with Gasteiger partial charge in [-0.05, 0) is 68.3 Å². The first-order valence-corrected chi connectivity index (χ1v) is 9.97. The van der Waals surface area contributed by atoms with Crippen LogP contribution in [0, 0.1) is 5.82 Å². The van der Waals surface area contributed by atoms with Crippen LogP contribution in [0.2, 0.25) is 0 Å². The Morgan fingerprint density at radius 1 is 1.04 bits per heavy atom. The third-order valence-corrected chi connectivity index (χ3v) is 6.94. The maximum atomic E-state index is 13.8. The first-order chi connectivity index (χ1) is 12.5. The van der Waals surface area contributed by atoms with Crippen molar-refractivity contribution in [1.29, 1.82) is 0 Å². The number of halogens is 1. The Hall–Kier alpha value is -1.99. The lowest BCUT2D eigenvalue weighted by Gasteiger charge is -2.25. The summed E-state index contributed by atoms with van der Waals surface area (Å²) in [5.74, 6) is -0.451. The SMILES string of the molecule is NC1CCC(n2sc3c(c(=O)c4cc(F)ccc4n3C3CC3)c2=O)CC1. The molecule has 0 unspecified atom stereocenters. The molecule has 2 saturated carbocycles. The second kappa shape index (κ2) is 5.76. The van der Waals surface area contributed by atoms with Gasteiger partial charge in [-0.1, -0.05) is 0 Å². The van der Waals surface area contributed by atoms with Crippen molar-refractivity contribution in [2.24, 2.45) is 5.73 Å². The van der Waals surface area contributed by atoms with Crippen LogP contribution in [-0.4, -0.2) is 14.6 Å². The zero-order valence-corrected chi connectivity index (χ0v) is 15.1. The summed E-state index contributed by atoms with van der Waals surface area (Å²) < 4.78 is 17.6. The summed E-state index contributed by atoms with van der Waals surface area (Å²) in [6.07, 6.45) is 5.56. The highest BCUT2D eigenvalue weighted by molar-refractivity contribution is 7.13. The van der Waals surface area contributed by atoms with Crippen molar-refractivity contribution >= 4 is 32.7 Å². The molecule has 2 aliphatic rings. The van der Waals surface area contributed by atoms with E-state index in [9.17, 15) is 14.0 Å². The molecule has 2 aromatic heterocycles. The summed E-state index contributed by atoms with van der Waals surface area (Å²) in [5, 5.41) is 0.520. The molecule has 2 heterocycles. The molecular weight excluding hydrogens is 353 g/mol. The van der Waals surface area contributed by atoms with Crippen LogP contribution in [0.3, 0.4) is 0 Å². The number of pyridine rings is 1. The molecule has 0 spiro atoms. The maximum Gasteiger partial charge on any atom is 0.274 e. The van der Waals surface area contributed by atoms with Crippen LogP contribution in [-0.2, 0) is 0 Å². The van der Waals surface area contributed by atoms with Crippen LogP contribution in [0.5, 0.6) is 0 Å². The number of aromatic nitrogens is 2. The summed E-state index contributed by atoms with van der Waals surface area (Å²) in [6.45, 7) is 0. The Balaban J connectivity index is 1.81. The van der Waals surface area contributed by atoms with E-state index >= 15 is 0 Å². The van der Waals surface area contributed by atoms with Crippen LogP contribution in [0.4, 0.5) is 4.39 Å². The third-order valence-electron chi connectivity index (χ3n) is 5.71. The highest BCUT2D eigenvalue weighted by Gasteiger charge is 2.31. The van der Waals surface area contributed by atoms with Gasteiger partial charge in [-0.2, -0.15) is 0 Å². The highest BCUT2D eigenvalue weighted by atomic mass is 32.1. The lowest BCUT2D eigenvalue weighted by Crippen LogP contribution is -2.30. The Morgan fingerprint density at radius 3 is 2.42 bits per heavy atom. The second-order valence-corrected chi connectivity index (χ2v) is 8.53. The largest absolute Gasteiger partial charge is 0.328 e. The third kappa shape index (κ3) is 2.37. The highest BCUT2D eigenvalue weighted by Crippen LogP contribution is 2.40. The fraction of sp³-hybridized carbons (Fsp3) is 0.474. The van der Waals surface area contributed by atoms with Crippen molar-refractivity contribution < 1.29 is 4.39 Å². The predicted molar refractivity (Wildman–Crippen MR) is 102 cm³/mol. The van der Waals surface area contributed by atoms with Crippen molar-refractivity contribution in [3.05, 3.63) is 44.6 Å². The molecule has 1 aromatic carbocycles. The van der Waals surface area contributed by atoms with Crippen molar-refractivity contribution in [2.75, 3.05) is 0 Å². The molecule has 2 fully saturated rings. The molecule has 0 aliphatic heterocycles. The van der Waals surface area contributed by atoms with Crippen molar-refractivity contribution in [3.8, 4) is 0 Å². The maximum absolute atomic E-state index is 13.8. The van der Waals surface area contributed by atoms with Crippen molar-refractivity contribution in [2.45, 2.75) is 56.7 Å². The van der Waals surface area contributed by atoms with E-state index in [0.717, 1.165) is 48.9 Å². The van der Waals surface area contributed by atoms with Gasteiger partial charge >= 0.3 is 0 Å². The Bertz CT molecular complexity index is 1130. The lowest BCUT2D eigenvalue weighted by molar-refractivity contribution is 0.334. The normalized spacial score (nSPS) is 23.8. The molecule has 136 valence electrons. The molecule has 2 N–H and O–H groups in total. The van der Waals surface area contributed by atoms with Crippen LogP contribution in [0.25, 0.3) is 21.1 Å². The van der Waals surface area contributed by atoms with E-state index in [0.29, 0.717) is 5.39 Å².